The number of allylic oxidation sites excluding steroid dienone is 1. The minimum Gasteiger partial charge on any atom is -0.456 e. The predicted molar refractivity (Wildman–Crippen MR) is 239 cm³/mol. The average molecular weight is 729 g/mol. The Morgan fingerprint density at radius 3 is 1.58 bits per heavy atom. The smallest absolute Gasteiger partial charge is 0.135 e. The summed E-state index contributed by atoms with van der Waals surface area (Å²) in [7, 11) is 0. The number of aromatic nitrogens is 2. The van der Waals surface area contributed by atoms with Crippen LogP contribution in [0.25, 0.3) is 105 Å². The molecule has 3 aromatic heterocycles. The van der Waals surface area contributed by atoms with Crippen molar-refractivity contribution in [2.75, 3.05) is 0 Å². The first-order chi connectivity index (χ1) is 28.3. The lowest BCUT2D eigenvalue weighted by atomic mass is 9.92. The second-order valence-corrected chi connectivity index (χ2v) is 15.2. The quantitative estimate of drug-likeness (QED) is 0.173. The summed E-state index contributed by atoms with van der Waals surface area (Å²) in [5.41, 5.74) is 17.6. The summed E-state index contributed by atoms with van der Waals surface area (Å²) in [6.07, 6.45) is 6.65. The molecule has 3 heteroatoms. The third-order valence-corrected chi connectivity index (χ3v) is 12.0. The molecule has 57 heavy (non-hydrogen) atoms. The second kappa shape index (κ2) is 12.6. The molecule has 0 fully saturated rings. The van der Waals surface area contributed by atoms with Crippen molar-refractivity contribution in [2.45, 2.75) is 12.8 Å². The summed E-state index contributed by atoms with van der Waals surface area (Å²) >= 11 is 0. The molecule has 1 aliphatic carbocycles. The highest BCUT2D eigenvalue weighted by Crippen LogP contribution is 2.43. The Labute approximate surface area is 330 Å². The largest absolute Gasteiger partial charge is 0.456 e. The molecule has 0 aliphatic heterocycles. The third-order valence-electron chi connectivity index (χ3n) is 12.0. The molecule has 12 rings (SSSR count). The van der Waals surface area contributed by atoms with Gasteiger partial charge in [0.15, 0.2) is 0 Å². The zero-order valence-corrected chi connectivity index (χ0v) is 31.2. The van der Waals surface area contributed by atoms with Crippen LogP contribution in [0.4, 0.5) is 0 Å². The fourth-order valence-electron chi connectivity index (χ4n) is 9.39. The van der Waals surface area contributed by atoms with Gasteiger partial charge in [0.1, 0.15) is 11.2 Å². The summed E-state index contributed by atoms with van der Waals surface area (Å²) in [4.78, 5) is 0. The molecule has 3 nitrogen and oxygen atoms in total. The van der Waals surface area contributed by atoms with Gasteiger partial charge in [-0.15, -0.1) is 0 Å². The summed E-state index contributed by atoms with van der Waals surface area (Å²) < 4.78 is 11.5. The Morgan fingerprint density at radius 1 is 0.404 bits per heavy atom. The fraction of sp³-hybridized carbons (Fsp3) is 0.0370. The Balaban J connectivity index is 1.09. The summed E-state index contributed by atoms with van der Waals surface area (Å²) in [6, 6.07) is 66.1. The number of fused-ring (bicyclic) bond motifs is 9. The van der Waals surface area contributed by atoms with E-state index in [2.05, 4.69) is 203 Å². The lowest BCUT2D eigenvalue weighted by Crippen LogP contribution is -2.03. The van der Waals surface area contributed by atoms with E-state index < -0.39 is 0 Å². The fourth-order valence-corrected chi connectivity index (χ4v) is 9.39. The topological polar surface area (TPSA) is 23.0 Å². The molecule has 11 aromatic rings. The van der Waals surface area contributed by atoms with Crippen molar-refractivity contribution in [3.05, 3.63) is 199 Å². The normalized spacial score (nSPS) is 12.7. The molecule has 3 heterocycles. The molecule has 0 bridgehead atoms. The Morgan fingerprint density at radius 2 is 0.947 bits per heavy atom. The van der Waals surface area contributed by atoms with E-state index in [0.29, 0.717) is 0 Å². The van der Waals surface area contributed by atoms with Gasteiger partial charge < -0.3 is 13.6 Å². The van der Waals surface area contributed by atoms with Crippen LogP contribution in [0.1, 0.15) is 17.7 Å². The van der Waals surface area contributed by atoms with Gasteiger partial charge in [0, 0.05) is 55.1 Å². The highest BCUT2D eigenvalue weighted by molar-refractivity contribution is 6.11. The Bertz CT molecular complexity index is 3280. The number of rotatable bonds is 5. The Hall–Kier alpha value is -7.36. The number of furan rings is 1. The lowest BCUT2D eigenvalue weighted by molar-refractivity contribution is 0.668. The Kier molecular flexibility index (Phi) is 7.05. The number of para-hydroxylation sites is 3. The van der Waals surface area contributed by atoms with Crippen LogP contribution >= 0.6 is 0 Å². The molecule has 0 saturated heterocycles. The molecule has 0 spiro atoms. The maximum absolute atomic E-state index is 6.55. The van der Waals surface area contributed by atoms with Crippen LogP contribution < -0.4 is 0 Å². The number of benzene rings is 8. The maximum Gasteiger partial charge on any atom is 0.135 e. The first kappa shape index (κ1) is 31.9. The molecule has 0 N–H and O–H groups in total. The van der Waals surface area contributed by atoms with Gasteiger partial charge in [0.2, 0.25) is 0 Å². The molecule has 1 aliphatic rings. The van der Waals surface area contributed by atoms with Crippen LogP contribution in [-0.4, -0.2) is 9.13 Å². The number of hydrogen-bond acceptors (Lipinski definition) is 1. The average Bonchev–Trinajstić information content (AvgIpc) is 3.94. The van der Waals surface area contributed by atoms with Crippen molar-refractivity contribution in [1.29, 1.82) is 0 Å². The standard InChI is InChI=1S/C54H36N2O/c1-3-14-35(15-4-1)37-30-38(36-16-5-2-6-17-36)32-39(31-37)42-21-13-22-46-45-20-9-12-25-51(45)56(54(42)46)41-27-29-53-48(34-41)47-33-40(26-28-52(47)57-53)55-49-23-10-7-18-43(49)44-19-8-11-24-50(44)55/h1-11,13-24,26-34H,12,25H2. The second-order valence-electron chi connectivity index (χ2n) is 15.2. The van der Waals surface area contributed by atoms with Gasteiger partial charge in [0.25, 0.3) is 0 Å². The van der Waals surface area contributed by atoms with Gasteiger partial charge in [-0.25, -0.2) is 0 Å². The van der Waals surface area contributed by atoms with Gasteiger partial charge in [-0.2, -0.15) is 0 Å². The van der Waals surface area contributed by atoms with Crippen molar-refractivity contribution in [1.82, 2.24) is 9.13 Å². The van der Waals surface area contributed by atoms with E-state index in [0.717, 1.165) is 46.2 Å². The van der Waals surface area contributed by atoms with E-state index in [1.807, 2.05) is 0 Å². The highest BCUT2D eigenvalue weighted by Gasteiger charge is 2.23. The molecule has 0 atom stereocenters. The molecule has 8 aromatic carbocycles. The van der Waals surface area contributed by atoms with Crippen molar-refractivity contribution >= 4 is 60.7 Å². The highest BCUT2D eigenvalue weighted by atomic mass is 16.3. The van der Waals surface area contributed by atoms with Crippen molar-refractivity contribution < 1.29 is 4.42 Å². The van der Waals surface area contributed by atoms with E-state index in [1.165, 1.54) is 77.3 Å². The van der Waals surface area contributed by atoms with E-state index in [1.54, 1.807) is 0 Å². The minimum absolute atomic E-state index is 0.890. The van der Waals surface area contributed by atoms with Crippen molar-refractivity contribution in [3.8, 4) is 44.8 Å². The molecular weight excluding hydrogens is 693 g/mol. The summed E-state index contributed by atoms with van der Waals surface area (Å²) in [6.45, 7) is 0. The minimum atomic E-state index is 0.890. The summed E-state index contributed by atoms with van der Waals surface area (Å²) in [5, 5.41) is 6.01. The zero-order valence-electron chi connectivity index (χ0n) is 31.2. The maximum atomic E-state index is 6.55. The first-order valence-corrected chi connectivity index (χ1v) is 19.8. The molecule has 0 amide bonds. The van der Waals surface area contributed by atoms with Crippen LogP contribution in [0.5, 0.6) is 0 Å². The van der Waals surface area contributed by atoms with E-state index in [4.69, 9.17) is 4.42 Å². The van der Waals surface area contributed by atoms with Crippen LogP contribution in [0, 0.1) is 0 Å². The summed E-state index contributed by atoms with van der Waals surface area (Å²) in [5.74, 6) is 0. The monoisotopic (exact) mass is 728 g/mol. The van der Waals surface area contributed by atoms with Crippen LogP contribution in [0.3, 0.4) is 0 Å². The first-order valence-electron chi connectivity index (χ1n) is 19.8. The van der Waals surface area contributed by atoms with Crippen LogP contribution in [0.2, 0.25) is 0 Å². The van der Waals surface area contributed by atoms with Crippen molar-refractivity contribution in [2.24, 2.45) is 0 Å². The predicted octanol–water partition coefficient (Wildman–Crippen LogP) is 14.6. The van der Waals surface area contributed by atoms with Gasteiger partial charge >= 0.3 is 0 Å². The van der Waals surface area contributed by atoms with E-state index in [-0.39, 0.29) is 0 Å². The van der Waals surface area contributed by atoms with Gasteiger partial charge in [0.05, 0.1) is 16.6 Å². The van der Waals surface area contributed by atoms with Crippen molar-refractivity contribution in [3.63, 3.8) is 0 Å². The van der Waals surface area contributed by atoms with Gasteiger partial charge in [-0.3, -0.25) is 0 Å². The number of hydrogen-bond donors (Lipinski definition) is 0. The van der Waals surface area contributed by atoms with Gasteiger partial charge in [-0.1, -0.05) is 127 Å². The molecule has 268 valence electrons. The molecule has 0 unspecified atom stereocenters. The van der Waals surface area contributed by atoms with E-state index >= 15 is 0 Å². The lowest BCUT2D eigenvalue weighted by Gasteiger charge is -2.16. The third kappa shape index (κ3) is 4.99. The SMILES string of the molecule is C1=Cc2c(n(-c3ccc4oc5ccc(-n6c7ccccc7c7ccccc76)cc5c4c3)c3c(-c4cc(-c5ccccc5)cc(-c5ccccc5)c4)cccc23)CC1. The molecule has 0 saturated carbocycles. The molecule has 0 radical (unpaired) electrons. The zero-order chi connectivity index (χ0) is 37.5. The van der Waals surface area contributed by atoms with Gasteiger partial charge in [-0.05, 0) is 107 Å². The molecular formula is C54H36N2O. The van der Waals surface area contributed by atoms with E-state index in [9.17, 15) is 0 Å². The number of nitrogens with zero attached hydrogens (tertiary/aromatic N) is 2. The van der Waals surface area contributed by atoms with Crippen LogP contribution in [0.15, 0.2) is 192 Å². The van der Waals surface area contributed by atoms with Crippen LogP contribution in [-0.2, 0) is 6.42 Å².